The van der Waals surface area contributed by atoms with Crippen molar-refractivity contribution in [1.82, 2.24) is 4.98 Å². The number of aliphatic hydroxyl groups excluding tert-OH is 1. The van der Waals surface area contributed by atoms with E-state index in [1.807, 2.05) is 12.1 Å². The van der Waals surface area contributed by atoms with Gasteiger partial charge in [-0.25, -0.2) is 4.98 Å². The number of nitrogens with zero attached hydrogens (tertiary/aromatic N) is 1. The Hall–Kier alpha value is -0.710. The van der Waals surface area contributed by atoms with E-state index in [0.717, 1.165) is 40.0 Å². The van der Waals surface area contributed by atoms with Crippen molar-refractivity contribution in [2.24, 2.45) is 5.41 Å². The quantitative estimate of drug-likeness (QED) is 0.903. The van der Waals surface area contributed by atoms with Crippen LogP contribution >= 0.6 is 27.3 Å². The SMILES string of the molecule is OCC1(Cc2nc(-c3ccc(Br)cc3)cs2)CCC1. The first-order valence-electron chi connectivity index (χ1n) is 6.52. The van der Waals surface area contributed by atoms with E-state index in [4.69, 9.17) is 4.98 Å². The third-order valence-electron chi connectivity index (χ3n) is 3.97. The molecule has 0 saturated heterocycles. The second kappa shape index (κ2) is 5.35. The van der Waals surface area contributed by atoms with Crippen molar-refractivity contribution in [1.29, 1.82) is 0 Å². The van der Waals surface area contributed by atoms with Crippen molar-refractivity contribution in [2.45, 2.75) is 25.7 Å². The Morgan fingerprint density at radius 3 is 2.58 bits per heavy atom. The molecule has 1 heterocycles. The van der Waals surface area contributed by atoms with Gasteiger partial charge in [-0.2, -0.15) is 0 Å². The van der Waals surface area contributed by atoms with Gasteiger partial charge in [0.25, 0.3) is 0 Å². The molecule has 0 radical (unpaired) electrons. The minimum atomic E-state index is 0.120. The topological polar surface area (TPSA) is 33.1 Å². The molecule has 0 spiro atoms. The summed E-state index contributed by atoms with van der Waals surface area (Å²) in [6, 6.07) is 8.23. The number of aliphatic hydroxyl groups is 1. The van der Waals surface area contributed by atoms with Gasteiger partial charge in [-0.1, -0.05) is 34.5 Å². The summed E-state index contributed by atoms with van der Waals surface area (Å²) in [6.45, 7) is 0.292. The Labute approximate surface area is 125 Å². The summed E-state index contributed by atoms with van der Waals surface area (Å²) >= 11 is 5.15. The van der Waals surface area contributed by atoms with Crippen LogP contribution in [-0.4, -0.2) is 16.7 Å². The van der Waals surface area contributed by atoms with Gasteiger partial charge in [-0.05, 0) is 30.4 Å². The third kappa shape index (κ3) is 2.76. The zero-order valence-corrected chi connectivity index (χ0v) is 13.0. The molecule has 2 aromatic rings. The maximum Gasteiger partial charge on any atom is 0.0939 e. The van der Waals surface area contributed by atoms with Gasteiger partial charge in [0, 0.05) is 28.4 Å². The normalized spacial score (nSPS) is 17.2. The highest BCUT2D eigenvalue weighted by Gasteiger charge is 2.37. The van der Waals surface area contributed by atoms with E-state index in [9.17, 15) is 5.11 Å². The van der Waals surface area contributed by atoms with Crippen LogP contribution in [0.2, 0.25) is 0 Å². The van der Waals surface area contributed by atoms with Crippen LogP contribution in [0.25, 0.3) is 11.3 Å². The molecule has 0 unspecified atom stereocenters. The van der Waals surface area contributed by atoms with Crippen molar-refractivity contribution in [2.75, 3.05) is 6.61 Å². The zero-order valence-electron chi connectivity index (χ0n) is 10.6. The molecule has 0 atom stereocenters. The van der Waals surface area contributed by atoms with Crippen LogP contribution in [0.5, 0.6) is 0 Å². The van der Waals surface area contributed by atoms with Crippen molar-refractivity contribution >= 4 is 27.3 Å². The van der Waals surface area contributed by atoms with Gasteiger partial charge < -0.3 is 5.11 Å². The molecule has 0 amide bonds. The van der Waals surface area contributed by atoms with Crippen molar-refractivity contribution in [3.63, 3.8) is 0 Å². The highest BCUT2D eigenvalue weighted by atomic mass is 79.9. The highest BCUT2D eigenvalue weighted by molar-refractivity contribution is 9.10. The maximum absolute atomic E-state index is 9.52. The lowest BCUT2D eigenvalue weighted by molar-refractivity contribution is 0.0450. The lowest BCUT2D eigenvalue weighted by Gasteiger charge is -2.39. The highest BCUT2D eigenvalue weighted by Crippen LogP contribution is 2.43. The minimum Gasteiger partial charge on any atom is -0.396 e. The Balaban J connectivity index is 1.77. The minimum absolute atomic E-state index is 0.120. The first-order chi connectivity index (χ1) is 9.21. The Kier molecular flexibility index (Phi) is 3.74. The average Bonchev–Trinajstić information content (AvgIpc) is 2.83. The van der Waals surface area contributed by atoms with Gasteiger partial charge in [-0.3, -0.25) is 0 Å². The maximum atomic E-state index is 9.52. The molecule has 1 N–H and O–H groups in total. The van der Waals surface area contributed by atoms with E-state index in [1.165, 1.54) is 6.42 Å². The predicted octanol–water partition coefficient (Wildman–Crippen LogP) is 4.28. The van der Waals surface area contributed by atoms with E-state index in [0.29, 0.717) is 6.61 Å². The smallest absolute Gasteiger partial charge is 0.0939 e. The largest absolute Gasteiger partial charge is 0.396 e. The number of aromatic nitrogens is 1. The molecule has 0 aliphatic heterocycles. The van der Waals surface area contributed by atoms with Crippen molar-refractivity contribution < 1.29 is 5.11 Å². The van der Waals surface area contributed by atoms with Gasteiger partial charge in [0.05, 0.1) is 10.7 Å². The standard InChI is InChI=1S/C15H16BrNOS/c16-12-4-2-11(3-5-12)13-9-19-14(17-13)8-15(10-18)6-1-7-15/h2-5,9,18H,1,6-8,10H2. The van der Waals surface area contributed by atoms with E-state index in [2.05, 4.69) is 33.4 Å². The van der Waals surface area contributed by atoms with E-state index >= 15 is 0 Å². The predicted molar refractivity (Wildman–Crippen MR) is 82.3 cm³/mol. The molecule has 2 nitrogen and oxygen atoms in total. The van der Waals surface area contributed by atoms with Gasteiger partial charge in [0.2, 0.25) is 0 Å². The summed E-state index contributed by atoms with van der Waals surface area (Å²) in [7, 11) is 0. The molecule has 0 bridgehead atoms. The molecule has 1 aliphatic carbocycles. The number of halogens is 1. The number of thiazole rings is 1. The van der Waals surface area contributed by atoms with E-state index in [-0.39, 0.29) is 5.41 Å². The Morgan fingerprint density at radius 1 is 1.26 bits per heavy atom. The Morgan fingerprint density at radius 2 is 2.00 bits per heavy atom. The number of rotatable bonds is 4. The summed E-state index contributed by atoms with van der Waals surface area (Å²) in [5.74, 6) is 0. The zero-order chi connectivity index (χ0) is 13.3. The molecular formula is C15H16BrNOS. The molecule has 1 aromatic heterocycles. The van der Waals surface area contributed by atoms with Crippen LogP contribution in [-0.2, 0) is 6.42 Å². The van der Waals surface area contributed by atoms with Crippen molar-refractivity contribution in [3.05, 3.63) is 39.1 Å². The summed E-state index contributed by atoms with van der Waals surface area (Å²) in [4.78, 5) is 4.72. The third-order valence-corrected chi connectivity index (χ3v) is 5.35. The molecule has 1 aromatic carbocycles. The van der Waals surface area contributed by atoms with Gasteiger partial charge in [-0.15, -0.1) is 11.3 Å². The van der Waals surface area contributed by atoms with Gasteiger partial charge in [0.1, 0.15) is 0 Å². The summed E-state index contributed by atoms with van der Waals surface area (Å²) in [5.41, 5.74) is 2.31. The van der Waals surface area contributed by atoms with Crippen molar-refractivity contribution in [3.8, 4) is 11.3 Å². The van der Waals surface area contributed by atoms with Crippen LogP contribution in [0.3, 0.4) is 0 Å². The summed E-state index contributed by atoms with van der Waals surface area (Å²) in [6.07, 6.45) is 4.43. The average molecular weight is 338 g/mol. The Bertz CT molecular complexity index is 554. The lowest BCUT2D eigenvalue weighted by atomic mass is 9.67. The van der Waals surface area contributed by atoms with Crippen LogP contribution in [0.4, 0.5) is 0 Å². The fourth-order valence-electron chi connectivity index (χ4n) is 2.53. The molecule has 3 rings (SSSR count). The molecule has 1 fully saturated rings. The second-order valence-electron chi connectivity index (χ2n) is 5.32. The van der Waals surface area contributed by atoms with Crippen LogP contribution in [0.15, 0.2) is 34.1 Å². The van der Waals surface area contributed by atoms with Crippen LogP contribution in [0.1, 0.15) is 24.3 Å². The molecular weight excluding hydrogens is 322 g/mol. The lowest BCUT2D eigenvalue weighted by Crippen LogP contribution is -2.35. The molecule has 1 saturated carbocycles. The molecule has 1 aliphatic rings. The van der Waals surface area contributed by atoms with Crippen LogP contribution < -0.4 is 0 Å². The summed E-state index contributed by atoms with van der Waals surface area (Å²) < 4.78 is 1.08. The van der Waals surface area contributed by atoms with Gasteiger partial charge >= 0.3 is 0 Å². The van der Waals surface area contributed by atoms with Gasteiger partial charge in [0.15, 0.2) is 0 Å². The molecule has 4 heteroatoms. The first kappa shape index (κ1) is 13.3. The fraction of sp³-hybridized carbons (Fsp3) is 0.400. The molecule has 19 heavy (non-hydrogen) atoms. The van der Waals surface area contributed by atoms with Crippen LogP contribution in [0, 0.1) is 5.41 Å². The number of hydrogen-bond donors (Lipinski definition) is 1. The number of hydrogen-bond acceptors (Lipinski definition) is 3. The van der Waals surface area contributed by atoms with E-state index < -0.39 is 0 Å². The fourth-order valence-corrected chi connectivity index (χ4v) is 3.78. The monoisotopic (exact) mass is 337 g/mol. The first-order valence-corrected chi connectivity index (χ1v) is 8.19. The molecule has 100 valence electrons. The summed E-state index contributed by atoms with van der Waals surface area (Å²) in [5, 5.41) is 12.8. The number of benzene rings is 1. The second-order valence-corrected chi connectivity index (χ2v) is 7.18. The van der Waals surface area contributed by atoms with E-state index in [1.54, 1.807) is 11.3 Å².